The Hall–Kier alpha value is -3.42. The van der Waals surface area contributed by atoms with Crippen LogP contribution in [0.25, 0.3) is 0 Å². The molecule has 0 radical (unpaired) electrons. The third-order valence-corrected chi connectivity index (χ3v) is 9.95. The SMILES string of the molecule is O=C1C2=C(CN1C(c1ncn3c1CCC3)C(O)Nc1nccs1)C(Cl)=CC(C#Cc1ccc(CN3CCCCC3)cc1)C2. The van der Waals surface area contributed by atoms with E-state index in [0.29, 0.717) is 28.7 Å². The van der Waals surface area contributed by atoms with Gasteiger partial charge in [0, 0.05) is 59.0 Å². The second-order valence-electron chi connectivity index (χ2n) is 11.8. The highest BCUT2D eigenvalue weighted by Gasteiger charge is 2.43. The summed E-state index contributed by atoms with van der Waals surface area (Å²) in [4.78, 5) is 27.2. The van der Waals surface area contributed by atoms with Gasteiger partial charge in [-0.15, -0.1) is 11.3 Å². The summed E-state index contributed by atoms with van der Waals surface area (Å²) in [6.07, 6.45) is 10.7. The number of piperidine rings is 1. The molecule has 1 amide bonds. The van der Waals surface area contributed by atoms with Gasteiger partial charge >= 0.3 is 0 Å². The minimum atomic E-state index is -1.09. The van der Waals surface area contributed by atoms with E-state index in [1.807, 2.05) is 17.8 Å². The van der Waals surface area contributed by atoms with E-state index >= 15 is 0 Å². The molecule has 1 aromatic carbocycles. The van der Waals surface area contributed by atoms with Crippen molar-refractivity contribution in [3.05, 3.63) is 86.9 Å². The van der Waals surface area contributed by atoms with Crippen molar-refractivity contribution in [3.63, 3.8) is 0 Å². The number of nitrogens with zero attached hydrogens (tertiary/aromatic N) is 5. The number of aromatic nitrogens is 3. The fraction of sp³-hybridized carbons (Fsp3) is 0.424. The molecule has 0 spiro atoms. The molecule has 5 heterocycles. The van der Waals surface area contributed by atoms with E-state index < -0.39 is 12.3 Å². The molecule has 0 saturated carbocycles. The summed E-state index contributed by atoms with van der Waals surface area (Å²) in [5.41, 5.74) is 5.54. The molecule has 2 N–H and O–H groups in total. The molecule has 4 aliphatic rings. The first-order valence-electron chi connectivity index (χ1n) is 15.1. The van der Waals surface area contributed by atoms with Crippen LogP contribution in [0.15, 0.2) is 64.4 Å². The van der Waals surface area contributed by atoms with Crippen LogP contribution in [-0.2, 0) is 24.3 Å². The number of halogens is 1. The van der Waals surface area contributed by atoms with E-state index in [2.05, 4.69) is 60.9 Å². The Morgan fingerprint density at radius 1 is 1.09 bits per heavy atom. The third-order valence-electron chi connectivity index (χ3n) is 8.89. The molecule has 8 nitrogen and oxygen atoms in total. The van der Waals surface area contributed by atoms with Crippen LogP contribution in [0.3, 0.4) is 0 Å². The topological polar surface area (TPSA) is 86.5 Å². The van der Waals surface area contributed by atoms with Gasteiger partial charge in [0.15, 0.2) is 11.4 Å². The maximum Gasteiger partial charge on any atom is 0.251 e. The summed E-state index contributed by atoms with van der Waals surface area (Å²) in [5, 5.41) is 17.5. The number of amides is 1. The molecule has 1 saturated heterocycles. The number of thiazole rings is 1. The molecule has 3 aliphatic heterocycles. The Morgan fingerprint density at radius 3 is 2.72 bits per heavy atom. The summed E-state index contributed by atoms with van der Waals surface area (Å²) in [6.45, 7) is 4.55. The fourth-order valence-corrected chi connectivity index (χ4v) is 7.60. The number of aryl methyl sites for hydroxylation is 1. The predicted octanol–water partition coefficient (Wildman–Crippen LogP) is 5.08. The highest BCUT2D eigenvalue weighted by Crippen LogP contribution is 2.41. The Balaban J connectivity index is 1.07. The van der Waals surface area contributed by atoms with Crippen LogP contribution in [0.2, 0.25) is 0 Å². The van der Waals surface area contributed by atoms with Gasteiger partial charge in [-0.25, -0.2) is 9.97 Å². The zero-order valence-corrected chi connectivity index (χ0v) is 25.6. The number of allylic oxidation sites excluding steroid dienone is 1. The predicted molar refractivity (Wildman–Crippen MR) is 168 cm³/mol. The highest BCUT2D eigenvalue weighted by molar-refractivity contribution is 7.13. The van der Waals surface area contributed by atoms with E-state index in [-0.39, 0.29) is 11.8 Å². The van der Waals surface area contributed by atoms with Crippen molar-refractivity contribution in [2.24, 2.45) is 5.92 Å². The first kappa shape index (κ1) is 28.4. The molecule has 3 atom stereocenters. The van der Waals surface area contributed by atoms with Crippen LogP contribution < -0.4 is 5.32 Å². The summed E-state index contributed by atoms with van der Waals surface area (Å²) in [7, 11) is 0. The smallest absolute Gasteiger partial charge is 0.251 e. The van der Waals surface area contributed by atoms with Gasteiger partial charge in [0.05, 0.1) is 12.0 Å². The molecule has 1 fully saturated rings. The monoisotopic (exact) mass is 614 g/mol. The standard InChI is InChI=1S/C33H35ClN6O2S/c34-27-18-24(11-8-22-6-9-23(10-7-22)19-38-13-2-1-3-14-38)17-25-26(27)20-40(32(25)42)30(31(41)37-33-35-12-16-43-33)29-28-5-4-15-39(28)21-36-29/h6-7,9-10,12,16,18,21,24,30-31,41H,1-5,13-15,17,19-20H2,(H,35,37). The van der Waals surface area contributed by atoms with Crippen LogP contribution in [0.4, 0.5) is 5.13 Å². The van der Waals surface area contributed by atoms with Gasteiger partial charge in [-0.2, -0.15) is 0 Å². The van der Waals surface area contributed by atoms with E-state index in [1.54, 1.807) is 11.1 Å². The van der Waals surface area contributed by atoms with Gasteiger partial charge < -0.3 is 19.9 Å². The van der Waals surface area contributed by atoms with Crippen molar-refractivity contribution in [1.29, 1.82) is 0 Å². The lowest BCUT2D eigenvalue weighted by Crippen LogP contribution is -2.42. The molecular formula is C33H35ClN6O2S. The number of hydrogen-bond acceptors (Lipinski definition) is 7. The summed E-state index contributed by atoms with van der Waals surface area (Å²) < 4.78 is 2.12. The largest absolute Gasteiger partial charge is 0.371 e. The Kier molecular flexibility index (Phi) is 8.11. The van der Waals surface area contributed by atoms with Gasteiger partial charge in [0.2, 0.25) is 0 Å². The maximum atomic E-state index is 14.0. The van der Waals surface area contributed by atoms with E-state index in [1.165, 1.54) is 49.3 Å². The van der Waals surface area contributed by atoms with Crippen molar-refractivity contribution >= 4 is 34.0 Å². The lowest BCUT2D eigenvalue weighted by molar-refractivity contribution is -0.130. The minimum absolute atomic E-state index is 0.125. The summed E-state index contributed by atoms with van der Waals surface area (Å²) in [5.74, 6) is 6.36. The van der Waals surface area contributed by atoms with Gasteiger partial charge in [0.25, 0.3) is 5.91 Å². The van der Waals surface area contributed by atoms with Crippen LogP contribution in [0.5, 0.6) is 0 Å². The van der Waals surface area contributed by atoms with E-state index in [4.69, 9.17) is 11.6 Å². The Labute approximate surface area is 261 Å². The third kappa shape index (κ3) is 5.89. The number of carbonyl (C=O) groups excluding carboxylic acids is 1. The lowest BCUT2D eigenvalue weighted by atomic mass is 9.91. The van der Waals surface area contributed by atoms with Crippen LogP contribution in [-0.4, -0.2) is 61.2 Å². The number of fused-ring (bicyclic) bond motifs is 1. The van der Waals surface area contributed by atoms with Gasteiger partial charge in [-0.1, -0.05) is 48.1 Å². The number of benzene rings is 1. The number of aliphatic hydroxyl groups is 1. The second-order valence-corrected chi connectivity index (χ2v) is 13.1. The first-order valence-corrected chi connectivity index (χ1v) is 16.4. The number of rotatable bonds is 7. The molecule has 1 aliphatic carbocycles. The Morgan fingerprint density at radius 2 is 1.93 bits per heavy atom. The van der Waals surface area contributed by atoms with Crippen molar-refractivity contribution in [1.82, 2.24) is 24.3 Å². The summed E-state index contributed by atoms with van der Waals surface area (Å²) in [6, 6.07) is 7.81. The van der Waals surface area contributed by atoms with E-state index in [9.17, 15) is 9.90 Å². The number of carbonyl (C=O) groups is 1. The quantitative estimate of drug-likeness (QED) is 0.285. The average Bonchev–Trinajstić information content (AvgIpc) is 3.82. The highest BCUT2D eigenvalue weighted by atomic mass is 35.5. The number of likely N-dealkylation sites (tertiary alicyclic amines) is 1. The molecule has 2 aromatic heterocycles. The van der Waals surface area contributed by atoms with Crippen molar-refractivity contribution in [3.8, 4) is 11.8 Å². The zero-order valence-electron chi connectivity index (χ0n) is 24.0. The molecule has 7 rings (SSSR count). The molecule has 222 valence electrons. The van der Waals surface area contributed by atoms with Crippen molar-refractivity contribution in [2.45, 2.75) is 63.9 Å². The number of anilines is 1. The molecule has 10 heteroatoms. The van der Waals surface area contributed by atoms with Gasteiger partial charge in [-0.05, 0) is 68.5 Å². The van der Waals surface area contributed by atoms with Crippen LogP contribution in [0, 0.1) is 17.8 Å². The maximum absolute atomic E-state index is 14.0. The molecule has 3 aromatic rings. The normalized spacial score (nSPS) is 21.6. The number of aliphatic hydroxyl groups excluding tert-OH is 1. The van der Waals surface area contributed by atoms with E-state index in [0.717, 1.165) is 48.5 Å². The first-order chi connectivity index (χ1) is 21.0. The van der Waals surface area contributed by atoms with Gasteiger partial charge in [-0.3, -0.25) is 9.69 Å². The fourth-order valence-electron chi connectivity index (χ4n) is 6.71. The van der Waals surface area contributed by atoms with Crippen molar-refractivity contribution in [2.75, 3.05) is 25.0 Å². The second kappa shape index (κ2) is 12.3. The Bertz CT molecular complexity index is 1610. The van der Waals surface area contributed by atoms with Crippen molar-refractivity contribution < 1.29 is 9.90 Å². The zero-order chi connectivity index (χ0) is 29.3. The molecule has 3 unspecified atom stereocenters. The van der Waals surface area contributed by atoms with Gasteiger partial charge in [0.1, 0.15) is 6.04 Å². The molecule has 0 bridgehead atoms. The number of imidazole rings is 1. The summed E-state index contributed by atoms with van der Waals surface area (Å²) >= 11 is 8.20. The number of hydrogen-bond donors (Lipinski definition) is 2. The molecular weight excluding hydrogens is 580 g/mol. The van der Waals surface area contributed by atoms with Crippen LogP contribution >= 0.6 is 22.9 Å². The van der Waals surface area contributed by atoms with Crippen LogP contribution in [0.1, 0.15) is 60.7 Å². The number of nitrogens with one attached hydrogen (secondary N) is 1. The minimum Gasteiger partial charge on any atom is -0.371 e. The lowest BCUT2D eigenvalue weighted by Gasteiger charge is -2.32. The molecule has 43 heavy (non-hydrogen) atoms. The average molecular weight is 615 g/mol.